The lowest BCUT2D eigenvalue weighted by Gasteiger charge is -2.35. The van der Waals surface area contributed by atoms with E-state index in [1.165, 1.54) is 6.92 Å². The first-order valence-electron chi connectivity index (χ1n) is 9.23. The van der Waals surface area contributed by atoms with E-state index in [0.29, 0.717) is 43.4 Å². The summed E-state index contributed by atoms with van der Waals surface area (Å²) < 4.78 is 0. The molecule has 0 saturated carbocycles. The van der Waals surface area contributed by atoms with Crippen molar-refractivity contribution in [2.45, 2.75) is 6.92 Å². The lowest BCUT2D eigenvalue weighted by molar-refractivity contribution is -0.114. The number of nitrogens with zero attached hydrogens (tertiary/aromatic N) is 4. The van der Waals surface area contributed by atoms with Gasteiger partial charge in [-0.05, 0) is 29.0 Å². The van der Waals surface area contributed by atoms with Gasteiger partial charge in [0.25, 0.3) is 5.91 Å². The molecule has 1 N–H and O–H groups in total. The van der Waals surface area contributed by atoms with E-state index in [0.717, 1.165) is 10.8 Å². The third kappa shape index (κ3) is 3.64. The SMILES string of the molecule is CC(=O)Nc1cc2ccccc2cc1C(=O)N1CCN(c2ncccn2)CC1. The van der Waals surface area contributed by atoms with Crippen LogP contribution in [0.4, 0.5) is 11.6 Å². The summed E-state index contributed by atoms with van der Waals surface area (Å²) in [5.74, 6) is 0.401. The minimum atomic E-state index is -0.199. The monoisotopic (exact) mass is 375 g/mol. The van der Waals surface area contributed by atoms with Gasteiger partial charge in [0, 0.05) is 45.5 Å². The molecule has 1 aromatic heterocycles. The molecule has 1 fully saturated rings. The van der Waals surface area contributed by atoms with E-state index >= 15 is 0 Å². The average molecular weight is 375 g/mol. The minimum absolute atomic E-state index is 0.0804. The number of piperazine rings is 1. The Morgan fingerprint density at radius 1 is 0.929 bits per heavy atom. The summed E-state index contributed by atoms with van der Waals surface area (Å²) in [5, 5.41) is 4.75. The van der Waals surface area contributed by atoms with Gasteiger partial charge in [-0.3, -0.25) is 9.59 Å². The molecule has 1 aliphatic heterocycles. The molecule has 2 heterocycles. The van der Waals surface area contributed by atoms with Gasteiger partial charge in [0.2, 0.25) is 11.9 Å². The molecule has 7 heteroatoms. The summed E-state index contributed by atoms with van der Waals surface area (Å²) in [5.41, 5.74) is 1.06. The maximum atomic E-state index is 13.2. The number of hydrogen-bond acceptors (Lipinski definition) is 5. The number of benzene rings is 2. The number of amides is 2. The summed E-state index contributed by atoms with van der Waals surface area (Å²) >= 11 is 0. The molecule has 3 aromatic rings. The number of carbonyl (C=O) groups excluding carboxylic acids is 2. The van der Waals surface area contributed by atoms with Gasteiger partial charge in [0.05, 0.1) is 11.3 Å². The molecule has 2 aromatic carbocycles. The minimum Gasteiger partial charge on any atom is -0.337 e. The summed E-state index contributed by atoms with van der Waals surface area (Å²) in [7, 11) is 0. The number of aromatic nitrogens is 2. The van der Waals surface area contributed by atoms with Gasteiger partial charge in [-0.25, -0.2) is 9.97 Å². The fourth-order valence-corrected chi connectivity index (χ4v) is 3.44. The van der Waals surface area contributed by atoms with E-state index in [9.17, 15) is 9.59 Å². The van der Waals surface area contributed by atoms with Crippen LogP contribution in [0.5, 0.6) is 0 Å². The molecule has 1 saturated heterocycles. The van der Waals surface area contributed by atoms with Gasteiger partial charge in [0.15, 0.2) is 0 Å². The van der Waals surface area contributed by atoms with Crippen LogP contribution in [0, 0.1) is 0 Å². The highest BCUT2D eigenvalue weighted by Crippen LogP contribution is 2.26. The molecule has 0 spiro atoms. The van der Waals surface area contributed by atoms with Crippen LogP contribution in [-0.4, -0.2) is 52.9 Å². The Morgan fingerprint density at radius 2 is 1.57 bits per heavy atom. The first-order chi connectivity index (χ1) is 13.6. The van der Waals surface area contributed by atoms with Crippen LogP contribution < -0.4 is 10.2 Å². The first kappa shape index (κ1) is 17.9. The molecule has 0 atom stereocenters. The maximum Gasteiger partial charge on any atom is 0.256 e. The topological polar surface area (TPSA) is 78.4 Å². The zero-order chi connectivity index (χ0) is 19.5. The second-order valence-corrected chi connectivity index (χ2v) is 6.75. The van der Waals surface area contributed by atoms with Crippen LogP contribution >= 0.6 is 0 Å². The highest BCUT2D eigenvalue weighted by Gasteiger charge is 2.25. The van der Waals surface area contributed by atoms with Gasteiger partial charge in [-0.15, -0.1) is 0 Å². The van der Waals surface area contributed by atoms with Crippen molar-refractivity contribution in [3.63, 3.8) is 0 Å². The van der Waals surface area contributed by atoms with Crippen molar-refractivity contribution in [3.8, 4) is 0 Å². The molecule has 142 valence electrons. The van der Waals surface area contributed by atoms with E-state index in [2.05, 4.69) is 20.2 Å². The van der Waals surface area contributed by atoms with Crippen LogP contribution in [0.25, 0.3) is 10.8 Å². The van der Waals surface area contributed by atoms with Crippen molar-refractivity contribution in [2.75, 3.05) is 36.4 Å². The maximum absolute atomic E-state index is 13.2. The predicted octanol–water partition coefficient (Wildman–Crippen LogP) is 2.55. The lowest BCUT2D eigenvalue weighted by atomic mass is 10.0. The molecule has 1 aliphatic rings. The quantitative estimate of drug-likeness (QED) is 0.761. The highest BCUT2D eigenvalue weighted by atomic mass is 16.2. The Hall–Kier alpha value is -3.48. The molecule has 0 bridgehead atoms. The predicted molar refractivity (Wildman–Crippen MR) is 108 cm³/mol. The molecule has 4 rings (SSSR count). The smallest absolute Gasteiger partial charge is 0.256 e. The molecular formula is C21H21N5O2. The Morgan fingerprint density at radius 3 is 2.21 bits per heavy atom. The number of carbonyl (C=O) groups is 2. The second kappa shape index (κ2) is 7.64. The lowest BCUT2D eigenvalue weighted by Crippen LogP contribution is -2.49. The second-order valence-electron chi connectivity index (χ2n) is 6.75. The van der Waals surface area contributed by atoms with Crippen molar-refractivity contribution in [3.05, 3.63) is 60.4 Å². The molecule has 0 radical (unpaired) electrons. The normalized spacial score (nSPS) is 14.2. The molecular weight excluding hydrogens is 354 g/mol. The standard InChI is InChI=1S/C21H21N5O2/c1-15(27)24-19-14-17-6-3-2-5-16(17)13-18(19)20(28)25-9-11-26(12-10-25)21-22-7-4-8-23-21/h2-8,13-14H,9-12H2,1H3,(H,24,27). The summed E-state index contributed by atoms with van der Waals surface area (Å²) in [6, 6.07) is 13.3. The van der Waals surface area contributed by atoms with Gasteiger partial charge in [0.1, 0.15) is 0 Å². The van der Waals surface area contributed by atoms with Crippen LogP contribution in [0.2, 0.25) is 0 Å². The molecule has 0 unspecified atom stereocenters. The average Bonchev–Trinajstić information content (AvgIpc) is 2.73. The largest absolute Gasteiger partial charge is 0.337 e. The zero-order valence-corrected chi connectivity index (χ0v) is 15.6. The number of fused-ring (bicyclic) bond motifs is 1. The van der Waals surface area contributed by atoms with Crippen LogP contribution in [0.15, 0.2) is 54.9 Å². The molecule has 0 aliphatic carbocycles. The van der Waals surface area contributed by atoms with Gasteiger partial charge in [-0.1, -0.05) is 24.3 Å². The number of hydrogen-bond donors (Lipinski definition) is 1. The summed E-state index contributed by atoms with van der Waals surface area (Å²) in [4.78, 5) is 37.3. The third-order valence-corrected chi connectivity index (χ3v) is 4.83. The summed E-state index contributed by atoms with van der Waals surface area (Å²) in [6.07, 6.45) is 3.43. The van der Waals surface area contributed by atoms with Crippen molar-refractivity contribution in [1.82, 2.24) is 14.9 Å². The van der Waals surface area contributed by atoms with Crippen LogP contribution in [0.1, 0.15) is 17.3 Å². The highest BCUT2D eigenvalue weighted by molar-refractivity contribution is 6.07. The van der Waals surface area contributed by atoms with E-state index < -0.39 is 0 Å². The Kier molecular flexibility index (Phi) is 4.89. The van der Waals surface area contributed by atoms with Crippen LogP contribution in [-0.2, 0) is 4.79 Å². The fraction of sp³-hybridized carbons (Fsp3) is 0.238. The fourth-order valence-electron chi connectivity index (χ4n) is 3.44. The molecule has 28 heavy (non-hydrogen) atoms. The summed E-state index contributed by atoms with van der Waals surface area (Å²) in [6.45, 7) is 3.92. The van der Waals surface area contributed by atoms with E-state index in [1.54, 1.807) is 18.5 Å². The number of nitrogens with one attached hydrogen (secondary N) is 1. The third-order valence-electron chi connectivity index (χ3n) is 4.83. The van der Waals surface area contributed by atoms with Gasteiger partial charge in [-0.2, -0.15) is 0 Å². The van der Waals surface area contributed by atoms with Crippen molar-refractivity contribution < 1.29 is 9.59 Å². The van der Waals surface area contributed by atoms with E-state index in [4.69, 9.17) is 0 Å². The molecule has 2 amide bonds. The Bertz CT molecular complexity index is 1010. The number of anilines is 2. The van der Waals surface area contributed by atoms with Gasteiger partial charge >= 0.3 is 0 Å². The van der Waals surface area contributed by atoms with Crippen molar-refractivity contribution in [1.29, 1.82) is 0 Å². The van der Waals surface area contributed by atoms with Crippen molar-refractivity contribution in [2.24, 2.45) is 0 Å². The zero-order valence-electron chi connectivity index (χ0n) is 15.6. The van der Waals surface area contributed by atoms with Crippen molar-refractivity contribution >= 4 is 34.2 Å². The number of rotatable bonds is 3. The van der Waals surface area contributed by atoms with E-state index in [-0.39, 0.29) is 11.8 Å². The first-order valence-corrected chi connectivity index (χ1v) is 9.23. The molecule has 7 nitrogen and oxygen atoms in total. The Labute approximate surface area is 163 Å². The van der Waals surface area contributed by atoms with Crippen LogP contribution in [0.3, 0.4) is 0 Å². The Balaban J connectivity index is 1.57. The van der Waals surface area contributed by atoms with Gasteiger partial charge < -0.3 is 15.1 Å². The van der Waals surface area contributed by atoms with E-state index in [1.807, 2.05) is 41.3 Å².